The first-order valence-corrected chi connectivity index (χ1v) is 3.55. The molecule has 0 spiro atoms. The Bertz CT molecular complexity index is 129. The van der Waals surface area contributed by atoms with Crippen LogP contribution in [0.3, 0.4) is 0 Å². The first kappa shape index (κ1) is 9.21. The Morgan fingerprint density at radius 2 is 2.20 bits per heavy atom. The lowest BCUT2D eigenvalue weighted by Crippen LogP contribution is -2.16. The van der Waals surface area contributed by atoms with E-state index in [1.807, 2.05) is 0 Å². The molecule has 0 N–H and O–H groups in total. The van der Waals surface area contributed by atoms with Crippen molar-refractivity contribution >= 4 is 5.91 Å². The van der Waals surface area contributed by atoms with Crippen LogP contribution in [0.25, 0.3) is 0 Å². The molecule has 57 valence electrons. The highest BCUT2D eigenvalue weighted by molar-refractivity contribution is 5.91. The predicted octanol–water partition coefficient (Wildman–Crippen LogP) is 1.49. The van der Waals surface area contributed by atoms with Crippen molar-refractivity contribution in [2.24, 2.45) is 0 Å². The maximum Gasteiger partial charge on any atom is 0.267 e. The quantitative estimate of drug-likeness (QED) is 0.430. The fourth-order valence-electron chi connectivity index (χ4n) is 0.474. The van der Waals surface area contributed by atoms with E-state index in [0.29, 0.717) is 12.1 Å². The number of rotatable bonds is 4. The fraction of sp³-hybridized carbons (Fsp3) is 0.625. The van der Waals surface area contributed by atoms with Crippen LogP contribution in [-0.4, -0.2) is 12.5 Å². The summed E-state index contributed by atoms with van der Waals surface area (Å²) in [4.78, 5) is 10.8. The Kier molecular flexibility index (Phi) is 4.63. The van der Waals surface area contributed by atoms with E-state index in [2.05, 4.69) is 18.8 Å². The number of nitrogens with zero attached hydrogens (tertiary/aromatic N) is 1. The molecule has 2 heteroatoms. The first-order valence-electron chi connectivity index (χ1n) is 3.55. The summed E-state index contributed by atoms with van der Waals surface area (Å²) in [5, 5.41) is 3.77. The number of hydrogen-bond donors (Lipinski definition) is 0. The van der Waals surface area contributed by atoms with Crippen LogP contribution in [0.15, 0.2) is 12.2 Å². The maximum atomic E-state index is 10.8. The number of unbranched alkanes of at least 4 members (excludes halogenated alkanes) is 1. The number of carbonyl (C=O) groups excluding carboxylic acids is 1. The topological polar surface area (TPSA) is 31.2 Å². The normalized spacial score (nSPS) is 9.00. The van der Waals surface area contributed by atoms with Gasteiger partial charge in [0.25, 0.3) is 5.91 Å². The third-order valence-electron chi connectivity index (χ3n) is 1.13. The molecule has 0 aliphatic carbocycles. The van der Waals surface area contributed by atoms with E-state index in [0.717, 1.165) is 12.8 Å². The van der Waals surface area contributed by atoms with Crippen LogP contribution in [0.2, 0.25) is 0 Å². The van der Waals surface area contributed by atoms with Gasteiger partial charge < -0.3 is 0 Å². The largest absolute Gasteiger partial charge is 0.268 e. The Balaban J connectivity index is 3.31. The minimum Gasteiger partial charge on any atom is -0.268 e. The highest BCUT2D eigenvalue weighted by atomic mass is 16.1. The minimum atomic E-state index is -0.159. The summed E-state index contributed by atoms with van der Waals surface area (Å²) in [5.41, 5.74) is 0.524. The van der Waals surface area contributed by atoms with E-state index in [9.17, 15) is 4.79 Å². The maximum absolute atomic E-state index is 10.8. The van der Waals surface area contributed by atoms with Crippen LogP contribution in [0.1, 0.15) is 26.7 Å². The van der Waals surface area contributed by atoms with Crippen LogP contribution < -0.4 is 5.32 Å². The third kappa shape index (κ3) is 4.13. The number of hydrogen-bond acceptors (Lipinski definition) is 1. The second-order valence-corrected chi connectivity index (χ2v) is 2.32. The van der Waals surface area contributed by atoms with Crippen molar-refractivity contribution in [3.8, 4) is 0 Å². The average Bonchev–Trinajstić information content (AvgIpc) is 1.88. The van der Waals surface area contributed by atoms with Crippen LogP contribution >= 0.6 is 0 Å². The first-order chi connectivity index (χ1) is 4.68. The molecule has 1 amide bonds. The highest BCUT2D eigenvalue weighted by Crippen LogP contribution is 1.89. The zero-order valence-electron chi connectivity index (χ0n) is 6.68. The van der Waals surface area contributed by atoms with Crippen molar-refractivity contribution in [1.29, 1.82) is 0 Å². The van der Waals surface area contributed by atoms with Crippen LogP contribution in [0.4, 0.5) is 0 Å². The van der Waals surface area contributed by atoms with Gasteiger partial charge in [-0.05, 0) is 13.3 Å². The lowest BCUT2D eigenvalue weighted by molar-refractivity contribution is -0.117. The summed E-state index contributed by atoms with van der Waals surface area (Å²) >= 11 is 0. The van der Waals surface area contributed by atoms with Crippen molar-refractivity contribution in [2.45, 2.75) is 26.7 Å². The average molecular weight is 140 g/mol. The molecule has 1 radical (unpaired) electrons. The van der Waals surface area contributed by atoms with Gasteiger partial charge in [-0.2, -0.15) is 0 Å². The molecule has 0 unspecified atom stereocenters. The van der Waals surface area contributed by atoms with E-state index in [1.54, 1.807) is 6.92 Å². The molecular weight excluding hydrogens is 126 g/mol. The second-order valence-electron chi connectivity index (χ2n) is 2.32. The molecule has 0 bridgehead atoms. The molecule has 0 aromatic rings. The van der Waals surface area contributed by atoms with Gasteiger partial charge in [-0.3, -0.25) is 4.79 Å². The van der Waals surface area contributed by atoms with Crippen molar-refractivity contribution < 1.29 is 4.79 Å². The minimum absolute atomic E-state index is 0.159. The smallest absolute Gasteiger partial charge is 0.267 e. The molecule has 0 rings (SSSR count). The van der Waals surface area contributed by atoms with Crippen LogP contribution in [0.5, 0.6) is 0 Å². The van der Waals surface area contributed by atoms with E-state index in [4.69, 9.17) is 0 Å². The molecular formula is C8H14NO. The molecule has 0 atom stereocenters. The molecule has 0 aliphatic heterocycles. The summed E-state index contributed by atoms with van der Waals surface area (Å²) in [6.45, 7) is 7.88. The lowest BCUT2D eigenvalue weighted by atomic mass is 10.3. The van der Waals surface area contributed by atoms with Gasteiger partial charge in [-0.1, -0.05) is 19.9 Å². The SMILES string of the molecule is C=C(C)C(=O)[N]CCCC. The monoisotopic (exact) mass is 140 g/mol. The summed E-state index contributed by atoms with van der Waals surface area (Å²) < 4.78 is 0. The van der Waals surface area contributed by atoms with Gasteiger partial charge >= 0.3 is 0 Å². The Morgan fingerprint density at radius 1 is 1.60 bits per heavy atom. The third-order valence-corrected chi connectivity index (χ3v) is 1.13. The van der Waals surface area contributed by atoms with E-state index in [1.165, 1.54) is 0 Å². The zero-order valence-corrected chi connectivity index (χ0v) is 6.68. The van der Waals surface area contributed by atoms with Crippen molar-refractivity contribution in [2.75, 3.05) is 6.54 Å². The molecule has 0 aliphatic rings. The lowest BCUT2D eigenvalue weighted by Gasteiger charge is -1.97. The second kappa shape index (κ2) is 5.03. The molecule has 2 nitrogen and oxygen atoms in total. The number of amides is 1. The molecule has 0 saturated heterocycles. The zero-order chi connectivity index (χ0) is 7.98. The molecule has 0 fully saturated rings. The van der Waals surface area contributed by atoms with Crippen molar-refractivity contribution in [1.82, 2.24) is 5.32 Å². The van der Waals surface area contributed by atoms with E-state index in [-0.39, 0.29) is 5.91 Å². The Morgan fingerprint density at radius 3 is 2.60 bits per heavy atom. The van der Waals surface area contributed by atoms with E-state index >= 15 is 0 Å². The Hall–Kier alpha value is -0.790. The van der Waals surface area contributed by atoms with E-state index < -0.39 is 0 Å². The molecule has 10 heavy (non-hydrogen) atoms. The van der Waals surface area contributed by atoms with Gasteiger partial charge in [0.05, 0.1) is 0 Å². The van der Waals surface area contributed by atoms with Crippen molar-refractivity contribution in [3.05, 3.63) is 12.2 Å². The molecule has 0 saturated carbocycles. The van der Waals surface area contributed by atoms with Crippen LogP contribution in [0, 0.1) is 0 Å². The highest BCUT2D eigenvalue weighted by Gasteiger charge is 2.00. The summed E-state index contributed by atoms with van der Waals surface area (Å²) in [5.74, 6) is -0.159. The van der Waals surface area contributed by atoms with Gasteiger partial charge in [0.1, 0.15) is 0 Å². The molecule has 0 heterocycles. The summed E-state index contributed by atoms with van der Waals surface area (Å²) in [6, 6.07) is 0. The van der Waals surface area contributed by atoms with Gasteiger partial charge in [0.15, 0.2) is 0 Å². The predicted molar refractivity (Wildman–Crippen MR) is 41.7 cm³/mol. The standard InChI is InChI=1S/C8H14NO/c1-4-5-6-9-8(10)7(2)3/h2,4-6H2,1,3H3. The number of carbonyl (C=O) groups is 1. The summed E-state index contributed by atoms with van der Waals surface area (Å²) in [6.07, 6.45) is 2.06. The van der Waals surface area contributed by atoms with Gasteiger partial charge in [-0.15, -0.1) is 0 Å². The summed E-state index contributed by atoms with van der Waals surface area (Å²) in [7, 11) is 0. The van der Waals surface area contributed by atoms with Gasteiger partial charge in [0, 0.05) is 12.1 Å². The van der Waals surface area contributed by atoms with Gasteiger partial charge in [0.2, 0.25) is 0 Å². The Labute approximate surface area is 62.3 Å². The molecule has 0 aromatic heterocycles. The molecule has 0 aromatic carbocycles. The van der Waals surface area contributed by atoms with Gasteiger partial charge in [-0.25, -0.2) is 5.32 Å². The van der Waals surface area contributed by atoms with Crippen molar-refractivity contribution in [3.63, 3.8) is 0 Å². The van der Waals surface area contributed by atoms with Crippen LogP contribution in [-0.2, 0) is 4.79 Å². The fourth-order valence-corrected chi connectivity index (χ4v) is 0.474.